The lowest BCUT2D eigenvalue weighted by atomic mass is 10.3. The Hall–Kier alpha value is -1.69. The fraction of sp³-hybridized carbons (Fsp3) is 0.263. The van der Waals surface area contributed by atoms with Crippen LogP contribution in [0.1, 0.15) is 19.8 Å². The van der Waals surface area contributed by atoms with Gasteiger partial charge in [0.15, 0.2) is 0 Å². The maximum atomic E-state index is 12.4. The molecule has 2 N–H and O–H groups in total. The quantitative estimate of drug-likeness (QED) is 0.623. The summed E-state index contributed by atoms with van der Waals surface area (Å²) in [5.41, 5.74) is 1.27. The van der Waals surface area contributed by atoms with Gasteiger partial charge in [0.05, 0.1) is 16.0 Å². The van der Waals surface area contributed by atoms with Crippen LogP contribution in [0.2, 0.25) is 10.0 Å². The van der Waals surface area contributed by atoms with Crippen LogP contribution in [-0.4, -0.2) is 17.1 Å². The van der Waals surface area contributed by atoms with Crippen LogP contribution in [-0.2, 0) is 9.59 Å². The van der Waals surface area contributed by atoms with Crippen LogP contribution in [0.5, 0.6) is 0 Å². The molecule has 1 aliphatic carbocycles. The molecule has 3 rings (SSSR count). The fourth-order valence-electron chi connectivity index (χ4n) is 2.29. The minimum atomic E-state index is -0.322. The van der Waals surface area contributed by atoms with Crippen molar-refractivity contribution in [2.24, 2.45) is 5.92 Å². The molecule has 1 unspecified atom stereocenters. The first-order valence-electron chi connectivity index (χ1n) is 8.26. The minimum Gasteiger partial charge on any atom is -0.326 e. The second kappa shape index (κ2) is 8.33. The van der Waals surface area contributed by atoms with Crippen LogP contribution >= 0.6 is 35.0 Å². The highest BCUT2D eigenvalue weighted by atomic mass is 35.5. The minimum absolute atomic E-state index is 0.0801. The van der Waals surface area contributed by atoms with Gasteiger partial charge < -0.3 is 10.6 Å². The van der Waals surface area contributed by atoms with Crippen molar-refractivity contribution in [3.8, 4) is 0 Å². The first-order valence-corrected chi connectivity index (χ1v) is 9.89. The van der Waals surface area contributed by atoms with Crippen LogP contribution in [0.25, 0.3) is 0 Å². The molecule has 0 spiro atoms. The summed E-state index contributed by atoms with van der Waals surface area (Å²) in [7, 11) is 0. The van der Waals surface area contributed by atoms with E-state index >= 15 is 0 Å². The maximum absolute atomic E-state index is 12.4. The van der Waals surface area contributed by atoms with Gasteiger partial charge in [-0.1, -0.05) is 23.2 Å². The number of hydrogen-bond acceptors (Lipinski definition) is 3. The first-order chi connectivity index (χ1) is 12.4. The van der Waals surface area contributed by atoms with Crippen LogP contribution in [0, 0.1) is 5.92 Å². The Morgan fingerprint density at radius 3 is 2.42 bits per heavy atom. The van der Waals surface area contributed by atoms with E-state index in [2.05, 4.69) is 10.6 Å². The van der Waals surface area contributed by atoms with E-state index in [1.165, 1.54) is 11.8 Å². The molecule has 1 atom stereocenters. The standard InChI is InChI=1S/C19H18Cl2N2O2S/c1-11(18(24)23-17-10-13(20)4-9-16(17)21)26-15-7-5-14(6-8-15)22-19(25)12-2-3-12/h4-12H,2-3H2,1H3,(H,22,25)(H,23,24). The number of rotatable bonds is 6. The summed E-state index contributed by atoms with van der Waals surface area (Å²) in [6, 6.07) is 12.4. The number of thioether (sulfide) groups is 1. The average Bonchev–Trinajstić information content (AvgIpc) is 3.45. The Balaban J connectivity index is 1.56. The van der Waals surface area contributed by atoms with Crippen molar-refractivity contribution in [3.63, 3.8) is 0 Å². The smallest absolute Gasteiger partial charge is 0.237 e. The number of hydrogen-bond donors (Lipinski definition) is 2. The fourth-order valence-corrected chi connectivity index (χ4v) is 3.50. The molecule has 0 bridgehead atoms. The lowest BCUT2D eigenvalue weighted by Crippen LogP contribution is -2.22. The zero-order valence-corrected chi connectivity index (χ0v) is 16.4. The average molecular weight is 409 g/mol. The van der Waals surface area contributed by atoms with Gasteiger partial charge in [-0.25, -0.2) is 0 Å². The predicted molar refractivity (Wildman–Crippen MR) is 108 cm³/mol. The Bertz CT molecular complexity index is 823. The molecular formula is C19H18Cl2N2O2S. The molecule has 1 saturated carbocycles. The van der Waals surface area contributed by atoms with Gasteiger partial charge in [-0.05, 0) is 62.2 Å². The van der Waals surface area contributed by atoms with E-state index in [0.29, 0.717) is 15.7 Å². The summed E-state index contributed by atoms with van der Waals surface area (Å²) >= 11 is 13.4. The third-order valence-electron chi connectivity index (χ3n) is 3.94. The Morgan fingerprint density at radius 2 is 1.77 bits per heavy atom. The third kappa shape index (κ3) is 5.16. The second-order valence-electron chi connectivity index (χ2n) is 6.16. The Kier molecular flexibility index (Phi) is 6.12. The lowest BCUT2D eigenvalue weighted by molar-refractivity contribution is -0.117. The molecule has 136 valence electrons. The van der Waals surface area contributed by atoms with Gasteiger partial charge >= 0.3 is 0 Å². The van der Waals surface area contributed by atoms with Crippen molar-refractivity contribution in [2.75, 3.05) is 10.6 Å². The number of benzene rings is 2. The summed E-state index contributed by atoms with van der Waals surface area (Å²) in [6.07, 6.45) is 1.95. The molecule has 0 aromatic heterocycles. The highest BCUT2D eigenvalue weighted by Gasteiger charge is 2.29. The molecule has 0 aliphatic heterocycles. The zero-order chi connectivity index (χ0) is 18.7. The van der Waals surface area contributed by atoms with Crippen molar-refractivity contribution >= 4 is 58.2 Å². The molecule has 1 aliphatic rings. The molecule has 4 nitrogen and oxygen atoms in total. The number of halogens is 2. The molecule has 26 heavy (non-hydrogen) atoms. The summed E-state index contributed by atoms with van der Waals surface area (Å²) in [5, 5.41) is 6.32. The molecular weight excluding hydrogens is 391 g/mol. The van der Waals surface area contributed by atoms with Crippen LogP contribution in [0.3, 0.4) is 0 Å². The highest BCUT2D eigenvalue weighted by molar-refractivity contribution is 8.00. The highest BCUT2D eigenvalue weighted by Crippen LogP contribution is 2.31. The van der Waals surface area contributed by atoms with Crippen molar-refractivity contribution in [1.29, 1.82) is 0 Å². The van der Waals surface area contributed by atoms with E-state index in [4.69, 9.17) is 23.2 Å². The number of anilines is 2. The van der Waals surface area contributed by atoms with Gasteiger partial charge in [0.25, 0.3) is 0 Å². The van der Waals surface area contributed by atoms with E-state index in [9.17, 15) is 9.59 Å². The van der Waals surface area contributed by atoms with E-state index in [1.54, 1.807) is 18.2 Å². The number of carbonyl (C=O) groups is 2. The zero-order valence-electron chi connectivity index (χ0n) is 14.1. The lowest BCUT2D eigenvalue weighted by Gasteiger charge is -2.13. The topological polar surface area (TPSA) is 58.2 Å². The van der Waals surface area contributed by atoms with Crippen LogP contribution in [0.15, 0.2) is 47.4 Å². The number of nitrogens with one attached hydrogen (secondary N) is 2. The van der Waals surface area contributed by atoms with E-state index in [-0.39, 0.29) is 23.0 Å². The van der Waals surface area contributed by atoms with Crippen molar-refractivity contribution in [3.05, 3.63) is 52.5 Å². The normalized spacial score (nSPS) is 14.6. The van der Waals surface area contributed by atoms with Crippen LogP contribution < -0.4 is 10.6 Å². The molecule has 0 radical (unpaired) electrons. The Morgan fingerprint density at radius 1 is 1.08 bits per heavy atom. The third-order valence-corrected chi connectivity index (χ3v) is 5.62. The van der Waals surface area contributed by atoms with Gasteiger partial charge in [-0.15, -0.1) is 11.8 Å². The molecule has 2 amide bonds. The van der Waals surface area contributed by atoms with Crippen LogP contribution in [0.4, 0.5) is 11.4 Å². The maximum Gasteiger partial charge on any atom is 0.237 e. The monoisotopic (exact) mass is 408 g/mol. The summed E-state index contributed by atoms with van der Waals surface area (Å²) in [6.45, 7) is 1.82. The predicted octanol–water partition coefficient (Wildman–Crippen LogP) is 5.46. The molecule has 2 aromatic rings. The van der Waals surface area contributed by atoms with Gasteiger partial charge in [0.2, 0.25) is 11.8 Å². The van der Waals surface area contributed by atoms with E-state index < -0.39 is 0 Å². The number of amides is 2. The first kappa shape index (κ1) is 19.1. The summed E-state index contributed by atoms with van der Waals surface area (Å²) in [4.78, 5) is 25.1. The van der Waals surface area contributed by atoms with Crippen molar-refractivity contribution < 1.29 is 9.59 Å². The van der Waals surface area contributed by atoms with Crippen molar-refractivity contribution in [2.45, 2.75) is 29.9 Å². The number of carbonyl (C=O) groups excluding carboxylic acids is 2. The molecule has 0 heterocycles. The summed E-state index contributed by atoms with van der Waals surface area (Å²) < 4.78 is 0. The van der Waals surface area contributed by atoms with E-state index in [1.807, 2.05) is 31.2 Å². The second-order valence-corrected chi connectivity index (χ2v) is 8.42. The van der Waals surface area contributed by atoms with Crippen molar-refractivity contribution in [1.82, 2.24) is 0 Å². The summed E-state index contributed by atoms with van der Waals surface area (Å²) in [5.74, 6) is 0.0907. The van der Waals surface area contributed by atoms with Gasteiger partial charge in [-0.3, -0.25) is 9.59 Å². The Labute approximate surface area is 166 Å². The van der Waals surface area contributed by atoms with Gasteiger partial charge in [0, 0.05) is 21.5 Å². The molecule has 7 heteroatoms. The van der Waals surface area contributed by atoms with Gasteiger partial charge in [-0.2, -0.15) is 0 Å². The molecule has 1 fully saturated rings. The largest absolute Gasteiger partial charge is 0.326 e. The molecule has 2 aromatic carbocycles. The van der Waals surface area contributed by atoms with Gasteiger partial charge in [0.1, 0.15) is 0 Å². The molecule has 0 saturated heterocycles. The SMILES string of the molecule is CC(Sc1ccc(NC(=O)C2CC2)cc1)C(=O)Nc1cc(Cl)ccc1Cl. The van der Waals surface area contributed by atoms with E-state index in [0.717, 1.165) is 23.4 Å².